The van der Waals surface area contributed by atoms with E-state index in [0.717, 1.165) is 48.1 Å². The molecule has 0 amide bonds. The van der Waals surface area contributed by atoms with Crippen molar-refractivity contribution in [1.82, 2.24) is 4.98 Å². The van der Waals surface area contributed by atoms with Crippen LogP contribution in [0.15, 0.2) is 24.4 Å². The predicted octanol–water partition coefficient (Wildman–Crippen LogP) is 3.52. The third kappa shape index (κ3) is 2.67. The predicted molar refractivity (Wildman–Crippen MR) is 91.6 cm³/mol. The fourth-order valence-corrected chi connectivity index (χ4v) is 3.62. The van der Waals surface area contributed by atoms with Crippen LogP contribution in [0.1, 0.15) is 31.4 Å². The van der Waals surface area contributed by atoms with Gasteiger partial charge in [-0.15, -0.1) is 0 Å². The van der Waals surface area contributed by atoms with Gasteiger partial charge in [-0.05, 0) is 43.5 Å². The summed E-state index contributed by atoms with van der Waals surface area (Å²) in [6.07, 6.45) is 4.10. The Morgan fingerprint density at radius 2 is 2.36 bits per heavy atom. The zero-order valence-corrected chi connectivity index (χ0v) is 13.8. The lowest BCUT2D eigenvalue weighted by Gasteiger charge is -2.30. The molecule has 22 heavy (non-hydrogen) atoms. The first kappa shape index (κ1) is 15.5. The Labute approximate surface area is 136 Å². The number of hydrogen-bond acceptors (Lipinski definition) is 4. The second kappa shape index (κ2) is 6.41. The molecule has 1 aromatic heterocycles. The lowest BCUT2D eigenvalue weighted by Crippen LogP contribution is -2.34. The third-order valence-corrected chi connectivity index (χ3v) is 4.67. The van der Waals surface area contributed by atoms with E-state index in [1.165, 1.54) is 0 Å². The second-order valence-electron chi connectivity index (χ2n) is 5.93. The number of rotatable bonds is 4. The molecule has 0 radical (unpaired) electrons. The van der Waals surface area contributed by atoms with Gasteiger partial charge in [0.2, 0.25) is 0 Å². The highest BCUT2D eigenvalue weighted by Gasteiger charge is 2.29. The molecule has 1 aromatic carbocycles. The van der Waals surface area contributed by atoms with E-state index >= 15 is 0 Å². The van der Waals surface area contributed by atoms with Gasteiger partial charge in [0.15, 0.2) is 0 Å². The fourth-order valence-electron chi connectivity index (χ4n) is 3.35. The summed E-state index contributed by atoms with van der Waals surface area (Å²) in [6.45, 7) is 3.71. The van der Waals surface area contributed by atoms with Crippen LogP contribution in [-0.2, 0) is 4.74 Å². The van der Waals surface area contributed by atoms with Gasteiger partial charge in [-0.3, -0.25) is 4.98 Å². The molecule has 0 spiro atoms. The minimum Gasteiger partial charge on any atom is -0.383 e. The van der Waals surface area contributed by atoms with Crippen molar-refractivity contribution in [1.29, 1.82) is 0 Å². The van der Waals surface area contributed by atoms with Crippen molar-refractivity contribution in [2.24, 2.45) is 5.73 Å². The van der Waals surface area contributed by atoms with Crippen LogP contribution in [0.3, 0.4) is 0 Å². The molecule has 0 saturated carbocycles. The molecular formula is C17H22ClN3O. The number of halogens is 1. The van der Waals surface area contributed by atoms with Crippen molar-refractivity contribution in [2.75, 3.05) is 25.2 Å². The first-order valence-electron chi connectivity index (χ1n) is 7.71. The normalized spacial score (nSPS) is 19.8. The summed E-state index contributed by atoms with van der Waals surface area (Å²) >= 11 is 6.44. The van der Waals surface area contributed by atoms with Gasteiger partial charge in [0.25, 0.3) is 0 Å². The molecule has 0 aliphatic carbocycles. The highest BCUT2D eigenvalue weighted by atomic mass is 35.5. The molecule has 2 heterocycles. The van der Waals surface area contributed by atoms with Gasteiger partial charge in [0, 0.05) is 31.3 Å². The number of benzene rings is 1. The summed E-state index contributed by atoms with van der Waals surface area (Å²) in [7, 11) is 1.75. The highest BCUT2D eigenvalue weighted by Crippen LogP contribution is 2.39. The van der Waals surface area contributed by atoms with Gasteiger partial charge < -0.3 is 15.4 Å². The van der Waals surface area contributed by atoms with E-state index in [9.17, 15) is 0 Å². The lowest BCUT2D eigenvalue weighted by molar-refractivity contribution is 0.181. The molecule has 2 atom stereocenters. The third-order valence-electron chi connectivity index (χ3n) is 4.36. The first-order valence-corrected chi connectivity index (χ1v) is 8.09. The molecule has 5 heteroatoms. The SMILES string of the molecule is COC[C@H]1CCCN1c1c(C(C)N)cc(Cl)c2cccnc12. The number of nitrogens with two attached hydrogens (primary N) is 1. The Kier molecular flexibility index (Phi) is 4.52. The highest BCUT2D eigenvalue weighted by molar-refractivity contribution is 6.36. The number of ether oxygens (including phenoxy) is 1. The standard InChI is InChI=1S/C17H22ClN3O/c1-11(19)14-9-15(18)13-6-3-7-20-16(13)17(14)21-8-4-5-12(21)10-22-2/h3,6-7,9,11-12H,4-5,8,10,19H2,1-2H3/t11?,12-/m1/s1. The number of fused-ring (bicyclic) bond motifs is 1. The van der Waals surface area contributed by atoms with E-state index in [2.05, 4.69) is 9.88 Å². The summed E-state index contributed by atoms with van der Waals surface area (Å²) in [5.74, 6) is 0. The maximum Gasteiger partial charge on any atom is 0.0953 e. The average Bonchev–Trinajstić information content (AvgIpc) is 2.95. The van der Waals surface area contributed by atoms with Gasteiger partial charge in [0.05, 0.1) is 28.9 Å². The number of nitrogens with zero attached hydrogens (tertiary/aromatic N) is 2. The van der Waals surface area contributed by atoms with E-state index in [1.54, 1.807) is 7.11 Å². The molecule has 1 aliphatic rings. The van der Waals surface area contributed by atoms with Gasteiger partial charge in [0.1, 0.15) is 0 Å². The number of methoxy groups -OCH3 is 1. The molecule has 1 aliphatic heterocycles. The average molecular weight is 320 g/mol. The Hall–Kier alpha value is -1.36. The van der Waals surface area contributed by atoms with Gasteiger partial charge >= 0.3 is 0 Å². The largest absolute Gasteiger partial charge is 0.383 e. The van der Waals surface area contributed by atoms with Crippen molar-refractivity contribution in [2.45, 2.75) is 31.8 Å². The summed E-state index contributed by atoms with van der Waals surface area (Å²) in [5.41, 5.74) is 9.33. The maximum atomic E-state index is 6.44. The molecule has 1 saturated heterocycles. The topological polar surface area (TPSA) is 51.4 Å². The Morgan fingerprint density at radius 3 is 3.09 bits per heavy atom. The van der Waals surface area contributed by atoms with Crippen LogP contribution in [0.2, 0.25) is 5.02 Å². The monoisotopic (exact) mass is 319 g/mol. The van der Waals surface area contributed by atoms with E-state index in [-0.39, 0.29) is 6.04 Å². The molecule has 2 N–H and O–H groups in total. The number of hydrogen-bond donors (Lipinski definition) is 1. The summed E-state index contributed by atoms with van der Waals surface area (Å²) in [4.78, 5) is 7.00. The van der Waals surface area contributed by atoms with Crippen molar-refractivity contribution in [3.05, 3.63) is 35.0 Å². The fraction of sp³-hybridized carbons (Fsp3) is 0.471. The first-order chi connectivity index (χ1) is 10.6. The van der Waals surface area contributed by atoms with Crippen LogP contribution in [0, 0.1) is 0 Å². The number of pyridine rings is 1. The quantitative estimate of drug-likeness (QED) is 0.936. The summed E-state index contributed by atoms with van der Waals surface area (Å²) in [5, 5.41) is 1.69. The molecule has 2 aromatic rings. The molecule has 118 valence electrons. The molecule has 1 fully saturated rings. The molecule has 4 nitrogen and oxygen atoms in total. The second-order valence-corrected chi connectivity index (χ2v) is 6.34. The minimum absolute atomic E-state index is 0.0947. The summed E-state index contributed by atoms with van der Waals surface area (Å²) in [6, 6.07) is 6.20. The smallest absolute Gasteiger partial charge is 0.0953 e. The number of aromatic nitrogens is 1. The lowest BCUT2D eigenvalue weighted by atomic mass is 10.0. The maximum absolute atomic E-state index is 6.44. The van der Waals surface area contributed by atoms with E-state index in [1.807, 2.05) is 31.3 Å². The van der Waals surface area contributed by atoms with Crippen LogP contribution >= 0.6 is 11.6 Å². The van der Waals surface area contributed by atoms with Crippen molar-refractivity contribution < 1.29 is 4.74 Å². The Morgan fingerprint density at radius 1 is 1.55 bits per heavy atom. The van der Waals surface area contributed by atoms with Crippen LogP contribution in [0.4, 0.5) is 5.69 Å². The van der Waals surface area contributed by atoms with E-state index in [0.29, 0.717) is 11.1 Å². The van der Waals surface area contributed by atoms with Gasteiger partial charge in [-0.25, -0.2) is 0 Å². The van der Waals surface area contributed by atoms with E-state index in [4.69, 9.17) is 22.1 Å². The Bertz CT molecular complexity index is 674. The number of anilines is 1. The summed E-state index contributed by atoms with van der Waals surface area (Å²) < 4.78 is 5.39. The molecule has 3 rings (SSSR count). The zero-order chi connectivity index (χ0) is 15.7. The molecule has 0 bridgehead atoms. The zero-order valence-electron chi connectivity index (χ0n) is 13.1. The van der Waals surface area contributed by atoms with Crippen LogP contribution < -0.4 is 10.6 Å². The minimum atomic E-state index is -0.0947. The molecular weight excluding hydrogens is 298 g/mol. The Balaban J connectivity index is 2.21. The van der Waals surface area contributed by atoms with Gasteiger partial charge in [-0.2, -0.15) is 0 Å². The van der Waals surface area contributed by atoms with Crippen LogP contribution in [0.5, 0.6) is 0 Å². The van der Waals surface area contributed by atoms with Crippen molar-refractivity contribution in [3.63, 3.8) is 0 Å². The van der Waals surface area contributed by atoms with Crippen LogP contribution in [0.25, 0.3) is 10.9 Å². The van der Waals surface area contributed by atoms with Crippen molar-refractivity contribution >= 4 is 28.2 Å². The van der Waals surface area contributed by atoms with Gasteiger partial charge in [-0.1, -0.05) is 11.6 Å². The van der Waals surface area contributed by atoms with Crippen LogP contribution in [-0.4, -0.2) is 31.3 Å². The molecule has 1 unspecified atom stereocenters. The van der Waals surface area contributed by atoms with Crippen molar-refractivity contribution in [3.8, 4) is 0 Å². The van der Waals surface area contributed by atoms with E-state index < -0.39 is 0 Å².